The van der Waals surface area contributed by atoms with Crippen LogP contribution >= 0.6 is 0 Å². The maximum Gasteiger partial charge on any atom is 0.361 e. The van der Waals surface area contributed by atoms with E-state index >= 15 is 0 Å². The quantitative estimate of drug-likeness (QED) is 0.303. The number of hydrogen-bond acceptors (Lipinski definition) is 4. The van der Waals surface area contributed by atoms with E-state index in [0.717, 1.165) is 0 Å². The molecular weight excluding hydrogens is 160 g/mol. The summed E-state index contributed by atoms with van der Waals surface area (Å²) >= 11 is 0. The number of terminal acetylenes is 1. The van der Waals surface area contributed by atoms with Gasteiger partial charge in [0.2, 0.25) is 6.10 Å². The topological polar surface area (TPSA) is 52.6 Å². The molecule has 62 valence electrons. The summed E-state index contributed by atoms with van der Waals surface area (Å²) in [6, 6.07) is 0. The Bertz CT molecular complexity index is 273. The van der Waals surface area contributed by atoms with Crippen LogP contribution in [-0.4, -0.2) is 24.1 Å². The molecule has 2 atom stereocenters. The highest BCUT2D eigenvalue weighted by Gasteiger charge is 2.35. The zero-order chi connectivity index (χ0) is 9.14. The zero-order valence-corrected chi connectivity index (χ0v) is 6.15. The second-order valence-corrected chi connectivity index (χ2v) is 2.08. The van der Waals surface area contributed by atoms with Gasteiger partial charge in [0.05, 0.1) is 0 Å². The Morgan fingerprint density at radius 1 is 1.42 bits per heavy atom. The molecule has 12 heavy (non-hydrogen) atoms. The zero-order valence-electron chi connectivity index (χ0n) is 6.15. The normalized spacial score (nSPS) is 28.2. The molecule has 0 bridgehead atoms. The molecule has 0 aliphatic carbocycles. The van der Waals surface area contributed by atoms with Crippen LogP contribution in [0.4, 0.5) is 0 Å². The average molecular weight is 166 g/mol. The highest BCUT2D eigenvalue weighted by molar-refractivity contribution is 5.90. The van der Waals surface area contributed by atoms with Crippen molar-refractivity contribution in [2.45, 2.75) is 12.2 Å². The van der Waals surface area contributed by atoms with E-state index in [0.29, 0.717) is 0 Å². The predicted molar refractivity (Wildman–Crippen MR) is 38.8 cm³/mol. The molecule has 0 radical (unpaired) electrons. The van der Waals surface area contributed by atoms with Gasteiger partial charge in [-0.05, 0) is 6.08 Å². The monoisotopic (exact) mass is 166 g/mol. The smallest absolute Gasteiger partial charge is 0.361 e. The number of ether oxygens (including phenoxy) is 2. The summed E-state index contributed by atoms with van der Waals surface area (Å²) in [6.07, 6.45) is 3.82. The van der Waals surface area contributed by atoms with Crippen molar-refractivity contribution in [1.29, 1.82) is 0 Å². The molecule has 1 aliphatic rings. The van der Waals surface area contributed by atoms with Crippen LogP contribution in [0.25, 0.3) is 0 Å². The average Bonchev–Trinajstić information content (AvgIpc) is 2.08. The summed E-state index contributed by atoms with van der Waals surface area (Å²) in [5.74, 6) is 0.555. The van der Waals surface area contributed by atoms with E-state index in [1.165, 1.54) is 6.08 Å². The van der Waals surface area contributed by atoms with Crippen LogP contribution in [-0.2, 0) is 19.1 Å². The van der Waals surface area contributed by atoms with Gasteiger partial charge in [-0.2, -0.15) is 0 Å². The van der Waals surface area contributed by atoms with Crippen molar-refractivity contribution in [1.82, 2.24) is 0 Å². The van der Waals surface area contributed by atoms with Gasteiger partial charge in [-0.15, -0.1) is 6.42 Å². The van der Waals surface area contributed by atoms with E-state index in [4.69, 9.17) is 6.42 Å². The first-order valence-corrected chi connectivity index (χ1v) is 3.18. The van der Waals surface area contributed by atoms with Crippen LogP contribution < -0.4 is 0 Å². The SMILES string of the molecule is C#C[C@H]1OC(=O)[C@@H](C=C)OC1=O. The maximum atomic E-state index is 10.9. The third-order valence-electron chi connectivity index (χ3n) is 1.29. The second kappa shape index (κ2) is 3.09. The molecule has 0 amide bonds. The van der Waals surface area contributed by atoms with Crippen molar-refractivity contribution < 1.29 is 19.1 Å². The highest BCUT2D eigenvalue weighted by atomic mass is 16.6. The van der Waals surface area contributed by atoms with Gasteiger partial charge in [-0.1, -0.05) is 12.5 Å². The molecule has 1 saturated heterocycles. The van der Waals surface area contributed by atoms with Crippen LogP contribution in [0, 0.1) is 12.3 Å². The molecule has 0 spiro atoms. The van der Waals surface area contributed by atoms with Gasteiger partial charge < -0.3 is 9.47 Å². The number of cyclic esters (lactones) is 2. The fourth-order valence-corrected chi connectivity index (χ4v) is 0.713. The Morgan fingerprint density at radius 2 is 2.08 bits per heavy atom. The third kappa shape index (κ3) is 1.30. The first-order valence-electron chi connectivity index (χ1n) is 3.18. The van der Waals surface area contributed by atoms with Crippen LogP contribution in [0.1, 0.15) is 0 Å². The molecule has 0 aromatic carbocycles. The van der Waals surface area contributed by atoms with Crippen molar-refractivity contribution in [3.05, 3.63) is 12.7 Å². The van der Waals surface area contributed by atoms with Crippen molar-refractivity contribution in [3.8, 4) is 12.3 Å². The fraction of sp³-hybridized carbons (Fsp3) is 0.250. The lowest BCUT2D eigenvalue weighted by Crippen LogP contribution is -2.42. The molecule has 0 saturated carbocycles. The summed E-state index contributed by atoms with van der Waals surface area (Å²) in [6.45, 7) is 3.29. The summed E-state index contributed by atoms with van der Waals surface area (Å²) in [5.41, 5.74) is 0. The van der Waals surface area contributed by atoms with Crippen LogP contribution in [0.2, 0.25) is 0 Å². The lowest BCUT2D eigenvalue weighted by molar-refractivity contribution is -0.186. The minimum Gasteiger partial charge on any atom is -0.443 e. The standard InChI is InChI=1S/C8H6O4/c1-3-5-7(9)12-6(4-2)8(10)11-5/h1,4-6H,2H2/t5-,6-/m1/s1. The summed E-state index contributed by atoms with van der Waals surface area (Å²) in [4.78, 5) is 21.7. The van der Waals surface area contributed by atoms with Crippen molar-refractivity contribution in [2.75, 3.05) is 0 Å². The molecule has 1 aliphatic heterocycles. The Kier molecular flexibility index (Phi) is 2.15. The van der Waals surface area contributed by atoms with Crippen LogP contribution in [0.5, 0.6) is 0 Å². The molecule has 0 N–H and O–H groups in total. The molecule has 0 aromatic heterocycles. The summed E-state index contributed by atoms with van der Waals surface area (Å²) in [5, 5.41) is 0. The van der Waals surface area contributed by atoms with E-state index in [9.17, 15) is 9.59 Å². The third-order valence-corrected chi connectivity index (χ3v) is 1.29. The molecule has 0 unspecified atom stereocenters. The van der Waals surface area contributed by atoms with Crippen LogP contribution in [0.3, 0.4) is 0 Å². The lowest BCUT2D eigenvalue weighted by Gasteiger charge is -2.22. The Hall–Kier alpha value is -1.76. The van der Waals surface area contributed by atoms with Crippen molar-refractivity contribution in [3.63, 3.8) is 0 Å². The van der Waals surface area contributed by atoms with Gasteiger partial charge in [0.1, 0.15) is 0 Å². The Morgan fingerprint density at radius 3 is 2.58 bits per heavy atom. The maximum absolute atomic E-state index is 10.9. The van der Waals surface area contributed by atoms with E-state index in [2.05, 4.69) is 16.1 Å². The minimum atomic E-state index is -1.21. The Balaban J connectivity index is 2.76. The molecule has 4 nitrogen and oxygen atoms in total. The van der Waals surface area contributed by atoms with E-state index in [1.54, 1.807) is 0 Å². The van der Waals surface area contributed by atoms with Crippen molar-refractivity contribution in [2.24, 2.45) is 0 Å². The van der Waals surface area contributed by atoms with Gasteiger partial charge in [-0.3, -0.25) is 0 Å². The van der Waals surface area contributed by atoms with Crippen LogP contribution in [0.15, 0.2) is 12.7 Å². The lowest BCUT2D eigenvalue weighted by atomic mass is 10.3. The van der Waals surface area contributed by atoms with Gasteiger partial charge in [0.15, 0.2) is 0 Å². The van der Waals surface area contributed by atoms with E-state index < -0.39 is 24.1 Å². The van der Waals surface area contributed by atoms with Gasteiger partial charge in [-0.25, -0.2) is 9.59 Å². The van der Waals surface area contributed by atoms with E-state index in [1.807, 2.05) is 5.92 Å². The van der Waals surface area contributed by atoms with E-state index in [-0.39, 0.29) is 0 Å². The molecule has 1 fully saturated rings. The highest BCUT2D eigenvalue weighted by Crippen LogP contribution is 2.10. The number of carbonyl (C=O) groups excluding carboxylic acids is 2. The molecule has 4 heteroatoms. The molecule has 1 heterocycles. The number of carbonyl (C=O) groups is 2. The van der Waals surface area contributed by atoms with Crippen molar-refractivity contribution >= 4 is 11.9 Å². The van der Waals surface area contributed by atoms with Gasteiger partial charge in [0.25, 0.3) is 6.10 Å². The second-order valence-electron chi connectivity index (χ2n) is 2.08. The predicted octanol–water partition coefficient (Wildman–Crippen LogP) is -0.357. The molecular formula is C8H6O4. The molecule has 1 rings (SSSR count). The summed E-state index contributed by atoms with van der Waals surface area (Å²) < 4.78 is 9.11. The summed E-state index contributed by atoms with van der Waals surface area (Å²) in [7, 11) is 0. The van der Waals surface area contributed by atoms with Gasteiger partial charge in [0, 0.05) is 0 Å². The molecule has 0 aromatic rings. The largest absolute Gasteiger partial charge is 0.443 e. The number of rotatable bonds is 1. The number of esters is 2. The first kappa shape index (κ1) is 8.34. The number of hydrogen-bond donors (Lipinski definition) is 0. The fourth-order valence-electron chi connectivity index (χ4n) is 0.713. The Labute approximate surface area is 69.1 Å². The first-order chi connectivity index (χ1) is 5.69. The van der Waals surface area contributed by atoms with Gasteiger partial charge >= 0.3 is 11.9 Å². The minimum absolute atomic E-state index is 0.687.